The van der Waals surface area contributed by atoms with Crippen LogP contribution in [0.1, 0.15) is 26.0 Å². The van der Waals surface area contributed by atoms with E-state index < -0.39 is 54.2 Å². The van der Waals surface area contributed by atoms with Crippen LogP contribution in [0.4, 0.5) is 8.78 Å². The molecule has 0 saturated carbocycles. The lowest BCUT2D eigenvalue weighted by atomic mass is 9.78. The number of hydrogen-bond acceptors (Lipinski definition) is 9. The Morgan fingerprint density at radius 1 is 1.33 bits per heavy atom. The Bertz CT molecular complexity index is 1270. The van der Waals surface area contributed by atoms with Crippen molar-refractivity contribution in [3.05, 3.63) is 38.9 Å². The van der Waals surface area contributed by atoms with E-state index >= 15 is 0 Å². The van der Waals surface area contributed by atoms with Gasteiger partial charge in [0.05, 0.1) is 31.7 Å². The fraction of sp³-hybridized carbons (Fsp3) is 0.542. The van der Waals surface area contributed by atoms with Crippen molar-refractivity contribution in [2.75, 3.05) is 13.7 Å². The zero-order valence-electron chi connectivity index (χ0n) is 21.2. The number of carboxylic acid groups (broad SMARTS) is 1. The van der Waals surface area contributed by atoms with Crippen LogP contribution >= 0.6 is 11.8 Å². The molecule has 0 aromatic carbocycles. The maximum atomic E-state index is 12.8. The monoisotopic (exact) mass is 570 g/mol. The second-order valence-electron chi connectivity index (χ2n) is 9.56. The summed E-state index contributed by atoms with van der Waals surface area (Å²) in [5.74, 6) is -4.62. The lowest BCUT2D eigenvalue weighted by molar-refractivity contribution is -0.159. The van der Waals surface area contributed by atoms with Gasteiger partial charge in [-0.15, -0.1) is 11.8 Å². The van der Waals surface area contributed by atoms with Gasteiger partial charge in [-0.2, -0.15) is 8.78 Å². The molecular weight excluding hydrogens is 542 g/mol. The largest absolute Gasteiger partial charge is 0.490 e. The van der Waals surface area contributed by atoms with Crippen LogP contribution in [-0.2, 0) is 25.7 Å². The van der Waals surface area contributed by atoms with Crippen LogP contribution in [0.25, 0.3) is 0 Å². The molecule has 2 fully saturated rings. The molecule has 1 aromatic rings. The topological polar surface area (TPSA) is 167 Å². The third-order valence-electron chi connectivity index (χ3n) is 7.11. The number of methoxy groups -OCH3 is 1. The number of hydrogen-bond donors (Lipinski definition) is 4. The molecule has 0 aliphatic carbocycles. The van der Waals surface area contributed by atoms with E-state index in [0.29, 0.717) is 17.9 Å². The molecule has 3 amide bonds. The Morgan fingerprint density at radius 3 is 2.67 bits per heavy atom. The summed E-state index contributed by atoms with van der Waals surface area (Å²) in [5, 5.41) is 17.6. The number of nitrogens with zero attached hydrogens (tertiary/aromatic N) is 1. The molecule has 4 rings (SSSR count). The molecule has 212 valence electrons. The van der Waals surface area contributed by atoms with Crippen LogP contribution in [0.2, 0.25) is 0 Å². The van der Waals surface area contributed by atoms with E-state index in [2.05, 4.69) is 16.0 Å². The molecular formula is C24H28F2N4O8S. The van der Waals surface area contributed by atoms with Crippen LogP contribution in [-0.4, -0.2) is 77.2 Å². The maximum absolute atomic E-state index is 12.8. The molecule has 6 atom stereocenters. The SMILES string of the molecule is COc1coc(CNC(=O)[C@@H]2C[C@H](SC3=C(C(=O)O)N4C(=O)[C@H](C(C)NC(=O)C(F)F)[C@H]4[C@H]3C)CN2)cc1=O. The average Bonchev–Trinajstić information content (AvgIpc) is 3.44. The van der Waals surface area contributed by atoms with Gasteiger partial charge in [0.15, 0.2) is 0 Å². The third-order valence-corrected chi connectivity index (χ3v) is 8.62. The smallest absolute Gasteiger partial charge is 0.353 e. The lowest BCUT2D eigenvalue weighted by Crippen LogP contribution is -2.66. The number of amides is 3. The highest BCUT2D eigenvalue weighted by Gasteiger charge is 2.60. The fourth-order valence-corrected chi connectivity index (χ4v) is 6.70. The lowest BCUT2D eigenvalue weighted by Gasteiger charge is -2.47. The third kappa shape index (κ3) is 5.50. The molecule has 12 nitrogen and oxygen atoms in total. The van der Waals surface area contributed by atoms with E-state index in [0.717, 1.165) is 6.26 Å². The molecule has 0 radical (unpaired) electrons. The molecule has 0 spiro atoms. The van der Waals surface area contributed by atoms with Crippen LogP contribution < -0.4 is 26.1 Å². The van der Waals surface area contributed by atoms with E-state index in [1.807, 2.05) is 0 Å². The van der Waals surface area contributed by atoms with E-state index in [4.69, 9.17) is 9.15 Å². The van der Waals surface area contributed by atoms with Crippen LogP contribution in [0, 0.1) is 11.8 Å². The number of β-lactam (4-membered cyclic amide) rings is 1. The molecule has 3 aliphatic rings. The highest BCUT2D eigenvalue weighted by Crippen LogP contribution is 2.51. The minimum atomic E-state index is -3.23. The van der Waals surface area contributed by atoms with Gasteiger partial charge in [-0.1, -0.05) is 6.92 Å². The van der Waals surface area contributed by atoms with E-state index in [-0.39, 0.29) is 40.3 Å². The van der Waals surface area contributed by atoms with Crippen LogP contribution in [0.5, 0.6) is 5.75 Å². The highest BCUT2D eigenvalue weighted by atomic mass is 32.2. The zero-order chi connectivity index (χ0) is 28.6. The van der Waals surface area contributed by atoms with Crippen molar-refractivity contribution in [2.45, 2.75) is 56.6 Å². The maximum Gasteiger partial charge on any atom is 0.353 e. The summed E-state index contributed by atoms with van der Waals surface area (Å²) in [6.07, 6.45) is -1.70. The molecule has 1 aromatic heterocycles. The molecule has 1 unspecified atom stereocenters. The fourth-order valence-electron chi connectivity index (χ4n) is 5.22. The number of ether oxygens (including phenoxy) is 1. The number of halogens is 2. The van der Waals surface area contributed by atoms with Gasteiger partial charge in [-0.25, -0.2) is 4.79 Å². The summed E-state index contributed by atoms with van der Waals surface area (Å²) in [4.78, 5) is 62.6. The molecule has 3 aliphatic heterocycles. The highest BCUT2D eigenvalue weighted by molar-refractivity contribution is 8.03. The number of fused-ring (bicyclic) bond motifs is 1. The van der Waals surface area contributed by atoms with Crippen molar-refractivity contribution >= 4 is 35.5 Å². The molecule has 15 heteroatoms. The van der Waals surface area contributed by atoms with Gasteiger partial charge in [0.25, 0.3) is 5.91 Å². The van der Waals surface area contributed by atoms with Gasteiger partial charge in [0.1, 0.15) is 17.7 Å². The van der Waals surface area contributed by atoms with Crippen LogP contribution in [0.15, 0.2) is 32.1 Å². The molecule has 39 heavy (non-hydrogen) atoms. The number of nitrogens with one attached hydrogen (secondary N) is 3. The summed E-state index contributed by atoms with van der Waals surface area (Å²) in [7, 11) is 1.34. The molecule has 2 saturated heterocycles. The predicted molar refractivity (Wildman–Crippen MR) is 133 cm³/mol. The van der Waals surface area contributed by atoms with Gasteiger partial charge in [-0.3, -0.25) is 19.2 Å². The van der Waals surface area contributed by atoms with E-state index in [1.165, 1.54) is 36.8 Å². The summed E-state index contributed by atoms with van der Waals surface area (Å²) in [6.45, 7) is 3.58. The number of aliphatic carboxylic acids is 1. The first-order valence-corrected chi connectivity index (χ1v) is 13.0. The molecule has 0 bridgehead atoms. The summed E-state index contributed by atoms with van der Waals surface area (Å²) in [6, 6.07) is -0.849. The number of carboxylic acids is 1. The Labute approximate surface area is 225 Å². The quantitative estimate of drug-likeness (QED) is 0.287. The summed E-state index contributed by atoms with van der Waals surface area (Å²) in [5.41, 5.74) is -0.540. The van der Waals surface area contributed by atoms with Gasteiger partial charge in [-0.05, 0) is 13.3 Å². The number of thioether (sulfide) groups is 1. The normalized spacial score (nSPS) is 26.8. The van der Waals surface area contributed by atoms with Crippen molar-refractivity contribution in [3.63, 3.8) is 0 Å². The molecule has 4 heterocycles. The second kappa shape index (κ2) is 11.3. The van der Waals surface area contributed by atoms with E-state index in [9.17, 15) is 37.9 Å². The first kappa shape index (κ1) is 28.5. The van der Waals surface area contributed by atoms with Crippen molar-refractivity contribution in [1.29, 1.82) is 0 Å². The minimum Gasteiger partial charge on any atom is -0.490 e. The number of alkyl halides is 2. The van der Waals surface area contributed by atoms with Gasteiger partial charge in [0.2, 0.25) is 23.0 Å². The number of carbonyl (C=O) groups is 4. The van der Waals surface area contributed by atoms with E-state index in [1.54, 1.807) is 6.92 Å². The van der Waals surface area contributed by atoms with Gasteiger partial charge in [0, 0.05) is 34.7 Å². The Morgan fingerprint density at radius 2 is 2.05 bits per heavy atom. The second-order valence-corrected chi connectivity index (χ2v) is 10.9. The Kier molecular flexibility index (Phi) is 8.30. The average molecular weight is 571 g/mol. The standard InChI is InChI=1S/C24H28F2N4O8S/c1-9-17-16(10(2)29-22(33)20(25)26)23(34)30(17)18(24(35)36)19(9)39-12-5-13(27-7-12)21(32)28-6-11-4-14(31)15(37-3)8-38-11/h4,8-10,12-13,16-17,20,27H,5-7H2,1-3H3,(H,28,32)(H,29,33)(H,35,36)/t9-,10?,12+,13+,16-,17-/m1/s1. The van der Waals surface area contributed by atoms with Crippen LogP contribution in [0.3, 0.4) is 0 Å². The summed E-state index contributed by atoms with van der Waals surface area (Å²) >= 11 is 1.26. The van der Waals surface area contributed by atoms with Crippen molar-refractivity contribution in [1.82, 2.24) is 20.9 Å². The van der Waals surface area contributed by atoms with Gasteiger partial charge >= 0.3 is 12.4 Å². The zero-order valence-corrected chi connectivity index (χ0v) is 22.1. The van der Waals surface area contributed by atoms with Crippen molar-refractivity contribution < 1.29 is 42.2 Å². The van der Waals surface area contributed by atoms with Crippen molar-refractivity contribution in [2.24, 2.45) is 11.8 Å². The minimum absolute atomic E-state index is 0.0141. The first-order valence-electron chi connectivity index (χ1n) is 12.2. The molecule has 4 N–H and O–H groups in total. The number of rotatable bonds is 10. The first-order chi connectivity index (χ1) is 18.4. The van der Waals surface area contributed by atoms with Crippen molar-refractivity contribution in [3.8, 4) is 5.75 Å². The Balaban J connectivity index is 1.38. The van der Waals surface area contributed by atoms with Gasteiger partial charge < -0.3 is 35.1 Å². The predicted octanol–water partition coefficient (Wildman–Crippen LogP) is 0.271. The Hall–Kier alpha value is -3.46. The summed E-state index contributed by atoms with van der Waals surface area (Å²) < 4.78 is 35.5. The number of carbonyl (C=O) groups excluding carboxylic acids is 3.